The molecule has 0 amide bonds. The van der Waals surface area contributed by atoms with Gasteiger partial charge < -0.3 is 9.80 Å². The van der Waals surface area contributed by atoms with Gasteiger partial charge in [-0.05, 0) is 125 Å². The molecule has 14 aromatic carbocycles. The highest BCUT2D eigenvalue weighted by Gasteiger charge is 2.24. The van der Waals surface area contributed by atoms with Crippen LogP contribution in [0, 0.1) is 0 Å². The van der Waals surface area contributed by atoms with Crippen LogP contribution in [-0.4, -0.2) is 9.97 Å². The summed E-state index contributed by atoms with van der Waals surface area (Å²) in [5, 5.41) is 19.3. The number of fused-ring (bicyclic) bond motifs is 6. The lowest BCUT2D eigenvalue weighted by molar-refractivity contribution is 1.29. The third-order valence-corrected chi connectivity index (χ3v) is 14.6. The van der Waals surface area contributed by atoms with Crippen molar-refractivity contribution in [2.45, 2.75) is 0 Å². The topological polar surface area (TPSA) is 32.3 Å². The molecule has 0 aliphatic carbocycles. The van der Waals surface area contributed by atoms with E-state index in [0.717, 1.165) is 78.0 Å². The summed E-state index contributed by atoms with van der Waals surface area (Å²) in [5.74, 6) is 0. The predicted octanol–water partition coefficient (Wildman–Crippen LogP) is 18.3. The zero-order valence-electron chi connectivity index (χ0n) is 37.9. The molecular weight excluding hydrogens is 849 g/mol. The summed E-state index contributed by atoms with van der Waals surface area (Å²) in [6, 6.07) is 86.2. The van der Waals surface area contributed by atoms with Crippen LogP contribution in [0.4, 0.5) is 34.1 Å². The standard InChI is InChI=1S/C66H40N4/c1-4-14-41(15-5-1)58-40-67-65-56-38-50(69(48-22-6-2-7-23-48)59-36-46-20-10-16-42-28-30-44-18-12-26-54(59)63(44)61(42)46)32-34-52(56)53-35-33-51(39-57(53)66(65)68-58)70(49-24-8-3-9-25-49)60-37-47-21-11-17-43-29-31-45-19-13-27-55(60)64(45)62(43)47/h1-40H. The summed E-state index contributed by atoms with van der Waals surface area (Å²) in [6.07, 6.45) is 1.94. The average Bonchev–Trinajstić information content (AvgIpc) is 3.43. The van der Waals surface area contributed by atoms with Gasteiger partial charge in [0.1, 0.15) is 0 Å². The molecular formula is C66H40N4. The van der Waals surface area contributed by atoms with Crippen molar-refractivity contribution in [2.75, 3.05) is 9.80 Å². The average molecular weight is 889 g/mol. The number of para-hydroxylation sites is 2. The first-order chi connectivity index (χ1) is 34.7. The van der Waals surface area contributed by atoms with Crippen LogP contribution in [0.5, 0.6) is 0 Å². The van der Waals surface area contributed by atoms with Gasteiger partial charge in [-0.1, -0.05) is 176 Å². The van der Waals surface area contributed by atoms with Crippen LogP contribution in [0.3, 0.4) is 0 Å². The maximum Gasteiger partial charge on any atom is 0.0980 e. The van der Waals surface area contributed by atoms with E-state index in [2.05, 4.69) is 240 Å². The van der Waals surface area contributed by atoms with Crippen LogP contribution < -0.4 is 9.80 Å². The summed E-state index contributed by atoms with van der Waals surface area (Å²) in [4.78, 5) is 15.8. The minimum Gasteiger partial charge on any atom is -0.310 e. The Hall–Kier alpha value is -9.38. The van der Waals surface area contributed by atoms with Crippen molar-refractivity contribution in [3.05, 3.63) is 243 Å². The van der Waals surface area contributed by atoms with Gasteiger partial charge in [0.25, 0.3) is 0 Å². The Morgan fingerprint density at radius 2 is 0.700 bits per heavy atom. The molecule has 0 saturated carbocycles. The molecule has 15 aromatic rings. The van der Waals surface area contributed by atoms with E-state index < -0.39 is 0 Å². The van der Waals surface area contributed by atoms with Gasteiger partial charge in [-0.3, -0.25) is 4.98 Å². The van der Waals surface area contributed by atoms with Gasteiger partial charge in [0.15, 0.2) is 0 Å². The van der Waals surface area contributed by atoms with E-state index in [1.165, 1.54) is 64.6 Å². The molecule has 0 aliphatic rings. The van der Waals surface area contributed by atoms with Gasteiger partial charge in [0.2, 0.25) is 0 Å². The molecule has 324 valence electrons. The Balaban J connectivity index is 0.998. The second-order valence-electron chi connectivity index (χ2n) is 18.5. The lowest BCUT2D eigenvalue weighted by Gasteiger charge is -2.29. The highest BCUT2D eigenvalue weighted by Crippen LogP contribution is 2.49. The molecule has 4 heteroatoms. The Morgan fingerprint density at radius 3 is 1.20 bits per heavy atom. The second kappa shape index (κ2) is 15.1. The van der Waals surface area contributed by atoms with E-state index in [-0.39, 0.29) is 0 Å². The first-order valence-corrected chi connectivity index (χ1v) is 24.0. The predicted molar refractivity (Wildman–Crippen MR) is 297 cm³/mol. The first kappa shape index (κ1) is 38.7. The minimum absolute atomic E-state index is 0.834. The number of hydrogen-bond donors (Lipinski definition) is 0. The number of rotatable bonds is 7. The monoisotopic (exact) mass is 888 g/mol. The highest BCUT2D eigenvalue weighted by atomic mass is 15.1. The first-order valence-electron chi connectivity index (χ1n) is 24.0. The number of hydrogen-bond acceptors (Lipinski definition) is 4. The normalized spacial score (nSPS) is 12.0. The van der Waals surface area contributed by atoms with Crippen molar-refractivity contribution in [3.8, 4) is 11.3 Å². The van der Waals surface area contributed by atoms with E-state index >= 15 is 0 Å². The number of aromatic nitrogens is 2. The van der Waals surface area contributed by atoms with Crippen molar-refractivity contribution >= 4 is 131 Å². The van der Waals surface area contributed by atoms with Gasteiger partial charge in [0.05, 0.1) is 34.3 Å². The van der Waals surface area contributed by atoms with E-state index in [1.54, 1.807) is 0 Å². The Kier molecular flexibility index (Phi) is 8.33. The van der Waals surface area contributed by atoms with Gasteiger partial charge in [-0.25, -0.2) is 4.98 Å². The lowest BCUT2D eigenvalue weighted by Crippen LogP contribution is -2.11. The van der Waals surface area contributed by atoms with Crippen molar-refractivity contribution in [1.29, 1.82) is 0 Å². The van der Waals surface area contributed by atoms with Crippen LogP contribution in [-0.2, 0) is 0 Å². The van der Waals surface area contributed by atoms with Gasteiger partial charge in [-0.2, -0.15) is 0 Å². The van der Waals surface area contributed by atoms with Crippen LogP contribution in [0.2, 0.25) is 0 Å². The second-order valence-corrected chi connectivity index (χ2v) is 18.5. The van der Waals surface area contributed by atoms with Crippen molar-refractivity contribution in [2.24, 2.45) is 0 Å². The van der Waals surface area contributed by atoms with E-state index in [9.17, 15) is 0 Å². The van der Waals surface area contributed by atoms with Crippen molar-refractivity contribution < 1.29 is 0 Å². The molecule has 70 heavy (non-hydrogen) atoms. The van der Waals surface area contributed by atoms with Crippen LogP contribution in [0.15, 0.2) is 243 Å². The maximum absolute atomic E-state index is 5.57. The van der Waals surface area contributed by atoms with E-state index in [4.69, 9.17) is 9.97 Å². The zero-order valence-corrected chi connectivity index (χ0v) is 37.9. The maximum atomic E-state index is 5.57. The summed E-state index contributed by atoms with van der Waals surface area (Å²) < 4.78 is 0. The van der Waals surface area contributed by atoms with Crippen LogP contribution >= 0.6 is 0 Å². The summed E-state index contributed by atoms with van der Waals surface area (Å²) in [7, 11) is 0. The molecule has 0 spiro atoms. The minimum atomic E-state index is 0.834. The third kappa shape index (κ3) is 5.77. The number of benzene rings is 14. The van der Waals surface area contributed by atoms with E-state index in [0.29, 0.717) is 0 Å². The smallest absolute Gasteiger partial charge is 0.0980 e. The molecule has 0 fully saturated rings. The SMILES string of the molecule is c1ccc(-c2cnc3c4cc(N(c5ccccc5)c5cc6cccc7ccc8cccc5c8c76)ccc4c4ccc(N(c5ccccc5)c5cc6cccc7ccc8cccc5c8c76)cc4c3n2)cc1. The molecule has 0 N–H and O–H groups in total. The molecule has 0 bridgehead atoms. The number of nitrogens with zero attached hydrogens (tertiary/aromatic N) is 4. The molecule has 0 aliphatic heterocycles. The van der Waals surface area contributed by atoms with E-state index in [1.807, 2.05) is 12.3 Å². The Morgan fingerprint density at radius 1 is 0.271 bits per heavy atom. The third-order valence-electron chi connectivity index (χ3n) is 14.6. The zero-order chi connectivity index (χ0) is 45.9. The van der Waals surface area contributed by atoms with Gasteiger partial charge in [-0.15, -0.1) is 0 Å². The highest BCUT2D eigenvalue weighted by molar-refractivity contribution is 6.29. The molecule has 0 radical (unpaired) electrons. The van der Waals surface area contributed by atoms with Gasteiger partial charge >= 0.3 is 0 Å². The molecule has 0 saturated heterocycles. The van der Waals surface area contributed by atoms with Crippen molar-refractivity contribution in [3.63, 3.8) is 0 Å². The molecule has 0 atom stereocenters. The Labute approximate surface area is 403 Å². The fourth-order valence-electron chi connectivity index (χ4n) is 11.6. The molecule has 15 rings (SSSR count). The van der Waals surface area contributed by atoms with Crippen molar-refractivity contribution in [1.82, 2.24) is 9.97 Å². The number of anilines is 6. The summed E-state index contributed by atoms with van der Waals surface area (Å²) in [6.45, 7) is 0. The molecule has 1 heterocycles. The summed E-state index contributed by atoms with van der Waals surface area (Å²) >= 11 is 0. The molecule has 1 aromatic heterocycles. The lowest BCUT2D eigenvalue weighted by atomic mass is 9.92. The molecule has 4 nitrogen and oxygen atoms in total. The molecule has 0 unspecified atom stereocenters. The fourth-order valence-corrected chi connectivity index (χ4v) is 11.6. The Bertz CT molecular complexity index is 4530. The summed E-state index contributed by atoms with van der Waals surface area (Å²) in [5.41, 5.74) is 10.1. The quantitative estimate of drug-likeness (QED) is 0.149. The fraction of sp³-hybridized carbons (Fsp3) is 0. The van der Waals surface area contributed by atoms with Gasteiger partial charge in [0, 0.05) is 49.9 Å². The van der Waals surface area contributed by atoms with Crippen LogP contribution in [0.25, 0.3) is 108 Å². The van der Waals surface area contributed by atoms with Crippen LogP contribution in [0.1, 0.15) is 0 Å². The largest absolute Gasteiger partial charge is 0.310 e.